The van der Waals surface area contributed by atoms with Crippen molar-refractivity contribution in [2.75, 3.05) is 25.0 Å². The Kier molecular flexibility index (Phi) is 7.61. The number of amides is 1. The molecule has 1 aliphatic rings. The van der Waals surface area contributed by atoms with Gasteiger partial charge in [-0.15, -0.1) is 0 Å². The highest BCUT2D eigenvalue weighted by atomic mass is 35.5. The van der Waals surface area contributed by atoms with E-state index in [9.17, 15) is 22.8 Å². The summed E-state index contributed by atoms with van der Waals surface area (Å²) in [5.74, 6) is -3.88. The van der Waals surface area contributed by atoms with E-state index in [0.29, 0.717) is 16.5 Å². The van der Waals surface area contributed by atoms with Crippen molar-refractivity contribution in [3.05, 3.63) is 75.9 Å². The monoisotopic (exact) mass is 591 g/mol. The average Bonchev–Trinajstić information content (AvgIpc) is 3.35. The van der Waals surface area contributed by atoms with Crippen molar-refractivity contribution in [2.24, 2.45) is 5.92 Å². The quantitative estimate of drug-likeness (QED) is 0.276. The van der Waals surface area contributed by atoms with Gasteiger partial charge >= 0.3 is 5.97 Å². The molecule has 1 N–H and O–H groups in total. The van der Waals surface area contributed by atoms with Gasteiger partial charge in [-0.3, -0.25) is 9.59 Å². The fourth-order valence-corrected chi connectivity index (χ4v) is 5.13. The summed E-state index contributed by atoms with van der Waals surface area (Å²) in [6.45, 7) is -0.0987. The van der Waals surface area contributed by atoms with E-state index in [4.69, 9.17) is 28.3 Å². The third-order valence-corrected chi connectivity index (χ3v) is 7.55. The van der Waals surface area contributed by atoms with Crippen LogP contribution in [0.25, 0.3) is 16.9 Å². The summed E-state index contributed by atoms with van der Waals surface area (Å²) < 4.78 is 44.7. The second kappa shape index (κ2) is 11.0. The first-order chi connectivity index (χ1) is 19.0. The lowest BCUT2D eigenvalue weighted by molar-refractivity contribution is -0.139. The number of anilines is 2. The van der Waals surface area contributed by atoms with Gasteiger partial charge in [-0.25, -0.2) is 18.2 Å². The number of carboxylic acid groups (broad SMARTS) is 1. The Bertz CT molecular complexity index is 1610. The van der Waals surface area contributed by atoms with Gasteiger partial charge in [0.25, 0.3) is 5.91 Å². The van der Waals surface area contributed by atoms with Gasteiger partial charge in [0.15, 0.2) is 11.3 Å². The topological polar surface area (TPSA) is 91.0 Å². The van der Waals surface area contributed by atoms with E-state index in [1.54, 1.807) is 36.2 Å². The number of hydrogen-bond donors (Lipinski definition) is 1. The number of rotatable bonds is 6. The Morgan fingerprint density at radius 2 is 1.82 bits per heavy atom. The minimum absolute atomic E-state index is 0.0317. The predicted molar refractivity (Wildman–Crippen MR) is 144 cm³/mol. The highest BCUT2D eigenvalue weighted by Gasteiger charge is 2.34. The van der Waals surface area contributed by atoms with E-state index in [0.717, 1.165) is 12.1 Å². The second-order valence-corrected chi connectivity index (χ2v) is 10.3. The van der Waals surface area contributed by atoms with Gasteiger partial charge in [0, 0.05) is 37.2 Å². The fraction of sp³-hybridized carbons (Fsp3) is 0.259. The summed E-state index contributed by atoms with van der Waals surface area (Å²) >= 11 is 12.1. The molecule has 2 atom stereocenters. The zero-order chi connectivity index (χ0) is 28.7. The van der Waals surface area contributed by atoms with E-state index in [-0.39, 0.29) is 48.5 Å². The number of aliphatic carboxylic acids is 1. The lowest BCUT2D eigenvalue weighted by Crippen LogP contribution is -2.45. The zero-order valence-electron chi connectivity index (χ0n) is 21.0. The summed E-state index contributed by atoms with van der Waals surface area (Å²) in [5, 5.41) is 13.2. The fourth-order valence-electron chi connectivity index (χ4n) is 4.75. The number of alkyl halides is 1. The largest absolute Gasteiger partial charge is 0.481 e. The van der Waals surface area contributed by atoms with Crippen LogP contribution in [-0.2, 0) is 4.79 Å². The van der Waals surface area contributed by atoms with Crippen LogP contribution in [-0.4, -0.2) is 62.8 Å². The summed E-state index contributed by atoms with van der Waals surface area (Å²) in [7, 11) is 1.70. The molecule has 1 aliphatic heterocycles. The van der Waals surface area contributed by atoms with E-state index in [1.165, 1.54) is 21.5 Å². The predicted octanol–water partition coefficient (Wildman–Crippen LogP) is 6.02. The summed E-state index contributed by atoms with van der Waals surface area (Å²) in [6.07, 6.45) is -1.61. The molecule has 8 nitrogen and oxygen atoms in total. The molecule has 2 aromatic carbocycles. The van der Waals surface area contributed by atoms with Crippen molar-refractivity contribution in [3.63, 3.8) is 0 Å². The van der Waals surface area contributed by atoms with E-state index in [2.05, 4.69) is 10.1 Å². The molecule has 1 amide bonds. The molecule has 0 spiro atoms. The first-order valence-electron chi connectivity index (χ1n) is 12.2. The number of likely N-dealkylation sites (tertiary alicyclic amines) is 1. The van der Waals surface area contributed by atoms with Crippen molar-refractivity contribution in [1.29, 1.82) is 0 Å². The van der Waals surface area contributed by atoms with E-state index < -0.39 is 40.6 Å². The molecule has 0 bridgehead atoms. The molecule has 2 unspecified atom stereocenters. The summed E-state index contributed by atoms with van der Waals surface area (Å²) in [4.78, 5) is 31.8. The Labute approximate surface area is 236 Å². The van der Waals surface area contributed by atoms with Crippen molar-refractivity contribution < 1.29 is 27.9 Å². The number of halogens is 5. The zero-order valence-corrected chi connectivity index (χ0v) is 22.5. The molecule has 2 aromatic heterocycles. The Morgan fingerprint density at radius 3 is 2.48 bits per heavy atom. The summed E-state index contributed by atoms with van der Waals surface area (Å²) in [5.41, 5.74) is 1.01. The van der Waals surface area contributed by atoms with Gasteiger partial charge in [-0.2, -0.15) is 9.61 Å². The number of carbonyl (C=O) groups excluding carboxylic acids is 1. The molecule has 1 saturated heterocycles. The second-order valence-electron chi connectivity index (χ2n) is 9.48. The van der Waals surface area contributed by atoms with Crippen molar-refractivity contribution in [3.8, 4) is 11.3 Å². The van der Waals surface area contributed by atoms with Crippen LogP contribution in [0.1, 0.15) is 23.3 Å². The van der Waals surface area contributed by atoms with E-state index >= 15 is 0 Å². The van der Waals surface area contributed by atoms with Crippen LogP contribution in [0, 0.1) is 17.6 Å². The van der Waals surface area contributed by atoms with Gasteiger partial charge in [0.2, 0.25) is 0 Å². The normalized spacial score (nSPS) is 17.3. The third-order valence-electron chi connectivity index (χ3n) is 6.86. The number of carbonyl (C=O) groups is 2. The highest BCUT2D eigenvalue weighted by Crippen LogP contribution is 2.34. The van der Waals surface area contributed by atoms with Crippen molar-refractivity contribution >= 4 is 52.2 Å². The van der Waals surface area contributed by atoms with Crippen LogP contribution in [0.4, 0.5) is 24.7 Å². The Morgan fingerprint density at radius 1 is 1.12 bits per heavy atom. The van der Waals surface area contributed by atoms with Gasteiger partial charge in [0.05, 0.1) is 29.4 Å². The van der Waals surface area contributed by atoms with Crippen LogP contribution >= 0.6 is 23.2 Å². The van der Waals surface area contributed by atoms with Crippen LogP contribution in [0.15, 0.2) is 48.5 Å². The number of carboxylic acids is 1. The van der Waals surface area contributed by atoms with Gasteiger partial charge in [-0.1, -0.05) is 35.3 Å². The Hall–Kier alpha value is -3.83. The highest BCUT2D eigenvalue weighted by molar-refractivity contribution is 6.33. The summed E-state index contributed by atoms with van der Waals surface area (Å²) in [6, 6.07) is 12.0. The third kappa shape index (κ3) is 5.31. The maximum Gasteiger partial charge on any atom is 0.303 e. The molecular formula is C27H22Cl2F3N5O3. The van der Waals surface area contributed by atoms with Crippen LogP contribution in [0.5, 0.6) is 0 Å². The smallest absolute Gasteiger partial charge is 0.303 e. The lowest BCUT2D eigenvalue weighted by Gasteiger charge is -2.33. The van der Waals surface area contributed by atoms with Crippen molar-refractivity contribution in [2.45, 2.75) is 19.0 Å². The number of piperidine rings is 1. The van der Waals surface area contributed by atoms with Crippen molar-refractivity contribution in [1.82, 2.24) is 19.5 Å². The molecule has 1 fully saturated rings. The van der Waals surface area contributed by atoms with Gasteiger partial charge in [0.1, 0.15) is 28.6 Å². The SMILES string of the molecule is CN(c1ccccc1Cl)c1cc(-c2cc(F)c(Cl)c(F)c2)nc2cc(C(=O)N3CCC(CC(=O)O)C(F)C3)nn12. The Balaban J connectivity index is 1.57. The lowest BCUT2D eigenvalue weighted by atomic mass is 9.91. The number of para-hydroxylation sites is 1. The number of hydrogen-bond acceptors (Lipinski definition) is 5. The van der Waals surface area contributed by atoms with Crippen LogP contribution in [0.2, 0.25) is 10.0 Å². The molecule has 0 saturated carbocycles. The maximum absolute atomic E-state index is 14.7. The number of fused-ring (bicyclic) bond motifs is 1. The molecule has 0 aliphatic carbocycles. The minimum atomic E-state index is -1.49. The van der Waals surface area contributed by atoms with Gasteiger partial charge < -0.3 is 14.9 Å². The maximum atomic E-state index is 14.7. The molecular weight excluding hydrogens is 570 g/mol. The number of aromatic nitrogens is 3. The number of nitrogens with zero attached hydrogens (tertiary/aromatic N) is 5. The number of benzene rings is 2. The first-order valence-corrected chi connectivity index (χ1v) is 13.0. The molecule has 3 heterocycles. The molecule has 4 aromatic rings. The minimum Gasteiger partial charge on any atom is -0.481 e. The van der Waals surface area contributed by atoms with Gasteiger partial charge in [-0.05, 0) is 30.7 Å². The van der Waals surface area contributed by atoms with Crippen LogP contribution in [0.3, 0.4) is 0 Å². The molecule has 208 valence electrons. The average molecular weight is 592 g/mol. The van der Waals surface area contributed by atoms with Crippen LogP contribution < -0.4 is 4.90 Å². The first kappa shape index (κ1) is 27.7. The molecule has 0 radical (unpaired) electrons. The van der Waals surface area contributed by atoms with E-state index in [1.807, 2.05) is 0 Å². The molecule has 40 heavy (non-hydrogen) atoms. The molecule has 5 rings (SSSR count). The standard InChI is InChI=1S/C27H22Cl2F3N5O3/c1-35(22-5-3-2-4-16(22)28)24-12-20(15-8-17(30)26(29)18(31)9-15)33-23-11-21(34-37(23)24)27(40)36-7-6-14(10-25(38)39)19(32)13-36/h2-5,8-9,11-12,14,19H,6-7,10,13H2,1H3,(H,38,39). The molecule has 13 heteroatoms.